The van der Waals surface area contributed by atoms with Crippen LogP contribution in [0.25, 0.3) is 0 Å². The van der Waals surface area contributed by atoms with E-state index in [4.69, 9.17) is 4.74 Å². The Balaban J connectivity index is 2.33. The first kappa shape index (κ1) is 15.0. The van der Waals surface area contributed by atoms with Crippen LogP contribution in [0.2, 0.25) is 0 Å². The Bertz CT molecular complexity index is 519. The summed E-state index contributed by atoms with van der Waals surface area (Å²) in [4.78, 5) is 1.28. The van der Waals surface area contributed by atoms with Gasteiger partial charge in [0.2, 0.25) is 0 Å². The van der Waals surface area contributed by atoms with Gasteiger partial charge in [0.15, 0.2) is 0 Å². The van der Waals surface area contributed by atoms with Gasteiger partial charge in [0.25, 0.3) is 0 Å². The predicted molar refractivity (Wildman–Crippen MR) is 88.2 cm³/mol. The van der Waals surface area contributed by atoms with Crippen LogP contribution in [-0.4, -0.2) is 13.7 Å². The molecule has 0 aliphatic heterocycles. The molecule has 0 fully saturated rings. The molecule has 102 valence electrons. The fraction of sp³-hybridized carbons (Fsp3) is 0.286. The number of hydrogen-bond donors (Lipinski definition) is 1. The molecular formula is C14H15Br2NOS. The van der Waals surface area contributed by atoms with Crippen molar-refractivity contribution in [3.63, 3.8) is 0 Å². The van der Waals surface area contributed by atoms with E-state index in [0.29, 0.717) is 0 Å². The first-order chi connectivity index (χ1) is 9.15. The maximum Gasteiger partial charge on any atom is 0.118 e. The van der Waals surface area contributed by atoms with E-state index < -0.39 is 0 Å². The lowest BCUT2D eigenvalue weighted by Gasteiger charge is -2.17. The van der Waals surface area contributed by atoms with Gasteiger partial charge in [-0.1, -0.05) is 19.1 Å². The third-order valence-electron chi connectivity index (χ3n) is 2.81. The van der Waals surface area contributed by atoms with Crippen molar-refractivity contribution in [1.29, 1.82) is 0 Å². The van der Waals surface area contributed by atoms with E-state index in [1.807, 2.05) is 12.1 Å². The largest absolute Gasteiger partial charge is 0.497 e. The molecule has 0 aliphatic rings. The molecule has 0 amide bonds. The molecule has 1 unspecified atom stereocenters. The molecule has 1 atom stereocenters. The second-order valence-corrected chi connectivity index (χ2v) is 7.29. The smallest absolute Gasteiger partial charge is 0.118 e. The van der Waals surface area contributed by atoms with Crippen LogP contribution in [0, 0.1) is 0 Å². The number of methoxy groups -OCH3 is 1. The van der Waals surface area contributed by atoms with Crippen LogP contribution in [0.5, 0.6) is 5.75 Å². The van der Waals surface area contributed by atoms with Crippen molar-refractivity contribution in [3.05, 3.63) is 49.0 Å². The summed E-state index contributed by atoms with van der Waals surface area (Å²) < 4.78 is 7.43. The standard InChI is InChI=1S/C14H15Br2NOS/c1-3-17-13(12-8-11(15)14(16)19-12)9-4-6-10(18-2)7-5-9/h4-8,13,17H,3H2,1-2H3. The molecule has 0 radical (unpaired) electrons. The van der Waals surface area contributed by atoms with Crippen LogP contribution in [-0.2, 0) is 0 Å². The van der Waals surface area contributed by atoms with E-state index >= 15 is 0 Å². The lowest BCUT2D eigenvalue weighted by atomic mass is 10.1. The number of hydrogen-bond acceptors (Lipinski definition) is 3. The second kappa shape index (κ2) is 6.88. The van der Waals surface area contributed by atoms with E-state index in [1.54, 1.807) is 18.4 Å². The fourth-order valence-corrected chi connectivity index (χ4v) is 4.08. The van der Waals surface area contributed by atoms with Crippen molar-refractivity contribution >= 4 is 43.2 Å². The Hall–Kier alpha value is -0.360. The first-order valence-electron chi connectivity index (χ1n) is 5.97. The molecule has 0 saturated carbocycles. The Morgan fingerprint density at radius 2 is 1.95 bits per heavy atom. The van der Waals surface area contributed by atoms with E-state index in [0.717, 1.165) is 20.6 Å². The van der Waals surface area contributed by atoms with Gasteiger partial charge in [0, 0.05) is 9.35 Å². The minimum absolute atomic E-state index is 0.212. The summed E-state index contributed by atoms with van der Waals surface area (Å²) in [5, 5.41) is 3.52. The van der Waals surface area contributed by atoms with Gasteiger partial charge < -0.3 is 10.1 Å². The van der Waals surface area contributed by atoms with E-state index in [-0.39, 0.29) is 6.04 Å². The Morgan fingerprint density at radius 3 is 2.42 bits per heavy atom. The zero-order valence-electron chi connectivity index (χ0n) is 10.7. The van der Waals surface area contributed by atoms with Gasteiger partial charge in [-0.15, -0.1) is 11.3 Å². The molecule has 19 heavy (non-hydrogen) atoms. The molecule has 0 spiro atoms. The number of thiophene rings is 1. The summed E-state index contributed by atoms with van der Waals surface area (Å²) in [6, 6.07) is 10.6. The minimum atomic E-state index is 0.212. The Kier molecular flexibility index (Phi) is 5.45. The van der Waals surface area contributed by atoms with Crippen molar-refractivity contribution in [2.24, 2.45) is 0 Å². The minimum Gasteiger partial charge on any atom is -0.497 e. The highest BCUT2D eigenvalue weighted by Gasteiger charge is 2.17. The highest BCUT2D eigenvalue weighted by molar-refractivity contribution is 9.13. The zero-order valence-corrected chi connectivity index (χ0v) is 14.7. The molecule has 5 heteroatoms. The molecule has 1 heterocycles. The van der Waals surface area contributed by atoms with Crippen LogP contribution in [0.4, 0.5) is 0 Å². The molecule has 2 nitrogen and oxygen atoms in total. The summed E-state index contributed by atoms with van der Waals surface area (Å²) in [5.41, 5.74) is 1.24. The number of nitrogens with one attached hydrogen (secondary N) is 1. The number of benzene rings is 1. The van der Waals surface area contributed by atoms with E-state index in [9.17, 15) is 0 Å². The van der Waals surface area contributed by atoms with Gasteiger partial charge in [-0.3, -0.25) is 0 Å². The average Bonchev–Trinajstić information content (AvgIpc) is 2.76. The van der Waals surface area contributed by atoms with Gasteiger partial charge in [0.05, 0.1) is 16.9 Å². The lowest BCUT2D eigenvalue weighted by molar-refractivity contribution is 0.414. The van der Waals surface area contributed by atoms with E-state index in [1.165, 1.54) is 10.4 Å². The van der Waals surface area contributed by atoms with Crippen LogP contribution in [0.3, 0.4) is 0 Å². The molecule has 2 rings (SSSR count). The Morgan fingerprint density at radius 1 is 1.26 bits per heavy atom. The summed E-state index contributed by atoms with van der Waals surface area (Å²) in [6.45, 7) is 3.04. The van der Waals surface area contributed by atoms with Gasteiger partial charge in [-0.2, -0.15) is 0 Å². The van der Waals surface area contributed by atoms with Crippen molar-refractivity contribution in [1.82, 2.24) is 5.32 Å². The number of ether oxygens (including phenoxy) is 1. The van der Waals surface area contributed by atoms with Crippen LogP contribution in [0.15, 0.2) is 38.6 Å². The molecule has 0 saturated heterocycles. The molecule has 1 N–H and O–H groups in total. The Labute approximate surface area is 134 Å². The quantitative estimate of drug-likeness (QED) is 0.758. The van der Waals surface area contributed by atoms with Gasteiger partial charge in [-0.05, 0) is 62.2 Å². The topological polar surface area (TPSA) is 21.3 Å². The SMILES string of the molecule is CCNC(c1ccc(OC)cc1)c1cc(Br)c(Br)s1. The highest BCUT2D eigenvalue weighted by atomic mass is 79.9. The van der Waals surface area contributed by atoms with Crippen molar-refractivity contribution in [2.45, 2.75) is 13.0 Å². The third-order valence-corrected chi connectivity index (χ3v) is 6.13. The maximum absolute atomic E-state index is 5.21. The van der Waals surface area contributed by atoms with Crippen molar-refractivity contribution in [2.75, 3.05) is 13.7 Å². The monoisotopic (exact) mass is 403 g/mol. The molecule has 2 aromatic rings. The summed E-state index contributed by atoms with van der Waals surface area (Å²) in [5.74, 6) is 0.882. The lowest BCUT2D eigenvalue weighted by Crippen LogP contribution is -2.20. The normalized spacial score (nSPS) is 12.4. The molecular weight excluding hydrogens is 390 g/mol. The first-order valence-corrected chi connectivity index (χ1v) is 8.38. The van der Waals surface area contributed by atoms with E-state index in [2.05, 4.69) is 62.3 Å². The highest BCUT2D eigenvalue weighted by Crippen LogP contribution is 2.37. The summed E-state index contributed by atoms with van der Waals surface area (Å²) in [7, 11) is 1.68. The average molecular weight is 405 g/mol. The molecule has 1 aromatic carbocycles. The maximum atomic E-state index is 5.21. The number of halogens is 2. The molecule has 1 aromatic heterocycles. The van der Waals surface area contributed by atoms with Gasteiger partial charge in [0.1, 0.15) is 5.75 Å². The van der Waals surface area contributed by atoms with Gasteiger partial charge in [-0.25, -0.2) is 0 Å². The second-order valence-electron chi connectivity index (χ2n) is 4.03. The fourth-order valence-electron chi connectivity index (χ4n) is 1.89. The van der Waals surface area contributed by atoms with Crippen molar-refractivity contribution < 1.29 is 4.74 Å². The molecule has 0 aliphatic carbocycles. The predicted octanol–water partition coefficient (Wildman–Crippen LogP) is 4.98. The zero-order chi connectivity index (χ0) is 13.8. The summed E-state index contributed by atoms with van der Waals surface area (Å²) >= 11 is 8.84. The van der Waals surface area contributed by atoms with Crippen LogP contribution >= 0.6 is 43.2 Å². The van der Waals surface area contributed by atoms with Crippen molar-refractivity contribution in [3.8, 4) is 5.75 Å². The third kappa shape index (κ3) is 3.60. The van der Waals surface area contributed by atoms with Crippen LogP contribution in [0.1, 0.15) is 23.4 Å². The van der Waals surface area contributed by atoms with Gasteiger partial charge >= 0.3 is 0 Å². The number of rotatable bonds is 5. The van der Waals surface area contributed by atoms with Crippen LogP contribution < -0.4 is 10.1 Å². The molecule has 0 bridgehead atoms. The summed E-state index contributed by atoms with van der Waals surface area (Å²) in [6.07, 6.45) is 0.